The number of nitrogens with one attached hydrogen (secondary N) is 1. The zero-order chi connectivity index (χ0) is 9.15. The number of hydrogen-bond acceptors (Lipinski definition) is 2. The summed E-state index contributed by atoms with van der Waals surface area (Å²) in [6.07, 6.45) is 4.39. The first kappa shape index (κ1) is 8.70. The smallest absolute Gasteiger partial charge is 0.0475 e. The van der Waals surface area contributed by atoms with Gasteiger partial charge in [0.2, 0.25) is 0 Å². The SMILES string of the molecule is C[C@]1(c2ccccn2)CCCNC1. The van der Waals surface area contributed by atoms with Crippen LogP contribution < -0.4 is 5.32 Å². The molecule has 1 fully saturated rings. The Bertz CT molecular complexity index is 263. The molecule has 1 N–H and O–H groups in total. The fourth-order valence-electron chi connectivity index (χ4n) is 1.99. The number of rotatable bonds is 1. The Kier molecular flexibility index (Phi) is 2.32. The summed E-state index contributed by atoms with van der Waals surface area (Å²) in [7, 11) is 0. The van der Waals surface area contributed by atoms with Crippen molar-refractivity contribution in [2.75, 3.05) is 13.1 Å². The van der Waals surface area contributed by atoms with Gasteiger partial charge in [-0.3, -0.25) is 4.98 Å². The lowest BCUT2D eigenvalue weighted by Crippen LogP contribution is -2.41. The normalized spacial score (nSPS) is 28.7. The monoisotopic (exact) mass is 176 g/mol. The largest absolute Gasteiger partial charge is 0.316 e. The van der Waals surface area contributed by atoms with Gasteiger partial charge in [0.25, 0.3) is 0 Å². The predicted octanol–water partition coefficient (Wildman–Crippen LogP) is 1.72. The topological polar surface area (TPSA) is 24.9 Å². The quantitative estimate of drug-likeness (QED) is 0.704. The van der Waals surface area contributed by atoms with Crippen molar-refractivity contribution in [3.8, 4) is 0 Å². The lowest BCUT2D eigenvalue weighted by Gasteiger charge is -2.33. The van der Waals surface area contributed by atoms with E-state index in [9.17, 15) is 0 Å². The summed E-state index contributed by atoms with van der Waals surface area (Å²) in [6.45, 7) is 4.51. The highest BCUT2D eigenvalue weighted by atomic mass is 14.9. The van der Waals surface area contributed by atoms with E-state index < -0.39 is 0 Å². The molecular weight excluding hydrogens is 160 g/mol. The van der Waals surface area contributed by atoms with E-state index in [4.69, 9.17) is 0 Å². The molecule has 0 aromatic carbocycles. The minimum Gasteiger partial charge on any atom is -0.316 e. The van der Waals surface area contributed by atoms with Crippen LogP contribution in [0.15, 0.2) is 24.4 Å². The predicted molar refractivity (Wildman–Crippen MR) is 53.7 cm³/mol. The van der Waals surface area contributed by atoms with Gasteiger partial charge in [-0.25, -0.2) is 0 Å². The Balaban J connectivity index is 2.23. The van der Waals surface area contributed by atoms with E-state index in [1.807, 2.05) is 12.3 Å². The highest BCUT2D eigenvalue weighted by molar-refractivity contribution is 5.17. The molecule has 0 aliphatic carbocycles. The molecule has 0 unspecified atom stereocenters. The standard InChI is InChI=1S/C11H16N2/c1-11(6-4-7-12-9-11)10-5-2-3-8-13-10/h2-3,5,8,12H,4,6-7,9H2,1H3/t11-/m0/s1. The minimum absolute atomic E-state index is 0.250. The molecule has 1 aliphatic rings. The molecule has 1 atom stereocenters. The van der Waals surface area contributed by atoms with Gasteiger partial charge in [0.15, 0.2) is 0 Å². The van der Waals surface area contributed by atoms with E-state index in [-0.39, 0.29) is 5.41 Å². The van der Waals surface area contributed by atoms with Gasteiger partial charge in [-0.2, -0.15) is 0 Å². The van der Waals surface area contributed by atoms with Crippen molar-refractivity contribution in [2.45, 2.75) is 25.2 Å². The molecule has 1 saturated heterocycles. The molecule has 70 valence electrons. The van der Waals surface area contributed by atoms with Crippen molar-refractivity contribution >= 4 is 0 Å². The summed E-state index contributed by atoms with van der Waals surface area (Å²) in [5.41, 5.74) is 1.47. The second kappa shape index (κ2) is 3.46. The summed E-state index contributed by atoms with van der Waals surface area (Å²) in [5, 5.41) is 3.43. The molecule has 1 aromatic heterocycles. The van der Waals surface area contributed by atoms with Crippen LogP contribution in [0.2, 0.25) is 0 Å². The van der Waals surface area contributed by atoms with E-state index in [1.165, 1.54) is 18.5 Å². The van der Waals surface area contributed by atoms with Crippen molar-refractivity contribution in [1.29, 1.82) is 0 Å². The van der Waals surface area contributed by atoms with Gasteiger partial charge >= 0.3 is 0 Å². The third-order valence-electron chi connectivity index (χ3n) is 2.88. The Hall–Kier alpha value is -0.890. The Morgan fingerprint density at radius 2 is 2.38 bits per heavy atom. The van der Waals surface area contributed by atoms with Gasteiger partial charge in [0.05, 0.1) is 0 Å². The van der Waals surface area contributed by atoms with Crippen LogP contribution >= 0.6 is 0 Å². The summed E-state index contributed by atoms with van der Waals surface area (Å²) in [5.74, 6) is 0. The third-order valence-corrected chi connectivity index (χ3v) is 2.88. The van der Waals surface area contributed by atoms with Gasteiger partial charge in [0.1, 0.15) is 0 Å². The Labute approximate surface area is 79.4 Å². The molecule has 1 aliphatic heterocycles. The highest BCUT2D eigenvalue weighted by Gasteiger charge is 2.29. The van der Waals surface area contributed by atoms with E-state index in [0.29, 0.717) is 0 Å². The number of hydrogen-bond donors (Lipinski definition) is 1. The van der Waals surface area contributed by atoms with E-state index in [0.717, 1.165) is 13.1 Å². The van der Waals surface area contributed by atoms with Crippen molar-refractivity contribution < 1.29 is 0 Å². The number of aromatic nitrogens is 1. The van der Waals surface area contributed by atoms with E-state index >= 15 is 0 Å². The lowest BCUT2D eigenvalue weighted by atomic mass is 9.79. The highest BCUT2D eigenvalue weighted by Crippen LogP contribution is 2.28. The fourth-order valence-corrected chi connectivity index (χ4v) is 1.99. The van der Waals surface area contributed by atoms with Crippen LogP contribution in [0.5, 0.6) is 0 Å². The number of pyridine rings is 1. The second-order valence-corrected chi connectivity index (χ2v) is 4.06. The molecule has 0 amide bonds. The molecule has 1 aromatic rings. The van der Waals surface area contributed by atoms with Gasteiger partial charge in [-0.05, 0) is 31.5 Å². The fraction of sp³-hybridized carbons (Fsp3) is 0.545. The van der Waals surface area contributed by atoms with Crippen LogP contribution in [-0.4, -0.2) is 18.1 Å². The lowest BCUT2D eigenvalue weighted by molar-refractivity contribution is 0.332. The minimum atomic E-state index is 0.250. The number of piperidine rings is 1. The van der Waals surface area contributed by atoms with Crippen molar-refractivity contribution in [2.24, 2.45) is 0 Å². The first-order chi connectivity index (χ1) is 6.31. The van der Waals surface area contributed by atoms with Gasteiger partial charge in [0, 0.05) is 23.9 Å². The van der Waals surface area contributed by atoms with Crippen LogP contribution in [0.1, 0.15) is 25.5 Å². The summed E-state index contributed by atoms with van der Waals surface area (Å²) >= 11 is 0. The molecule has 2 rings (SSSR count). The first-order valence-electron chi connectivity index (χ1n) is 4.93. The van der Waals surface area contributed by atoms with Crippen molar-refractivity contribution in [3.05, 3.63) is 30.1 Å². The molecule has 13 heavy (non-hydrogen) atoms. The first-order valence-corrected chi connectivity index (χ1v) is 4.93. The molecule has 0 spiro atoms. The molecule has 2 nitrogen and oxygen atoms in total. The van der Waals surface area contributed by atoms with Crippen LogP contribution in [0.25, 0.3) is 0 Å². The van der Waals surface area contributed by atoms with Crippen molar-refractivity contribution in [3.63, 3.8) is 0 Å². The molecule has 2 heterocycles. The number of nitrogens with zero attached hydrogens (tertiary/aromatic N) is 1. The average Bonchev–Trinajstić information content (AvgIpc) is 2.20. The molecule has 0 saturated carbocycles. The van der Waals surface area contributed by atoms with Crippen LogP contribution in [-0.2, 0) is 5.41 Å². The molecule has 0 bridgehead atoms. The van der Waals surface area contributed by atoms with Gasteiger partial charge in [-0.1, -0.05) is 13.0 Å². The van der Waals surface area contributed by atoms with Gasteiger partial charge < -0.3 is 5.32 Å². The Morgan fingerprint density at radius 1 is 1.46 bits per heavy atom. The van der Waals surface area contributed by atoms with E-state index in [1.54, 1.807) is 0 Å². The zero-order valence-electron chi connectivity index (χ0n) is 8.09. The maximum absolute atomic E-state index is 4.43. The van der Waals surface area contributed by atoms with Crippen LogP contribution in [0, 0.1) is 0 Å². The molecule has 0 radical (unpaired) electrons. The molecular formula is C11H16N2. The summed E-state index contributed by atoms with van der Waals surface area (Å²) in [4.78, 5) is 4.43. The summed E-state index contributed by atoms with van der Waals surface area (Å²) in [6, 6.07) is 6.18. The summed E-state index contributed by atoms with van der Waals surface area (Å²) < 4.78 is 0. The average molecular weight is 176 g/mol. The van der Waals surface area contributed by atoms with Crippen LogP contribution in [0.4, 0.5) is 0 Å². The maximum atomic E-state index is 4.43. The second-order valence-electron chi connectivity index (χ2n) is 4.06. The Morgan fingerprint density at radius 3 is 3.00 bits per heavy atom. The third kappa shape index (κ3) is 1.73. The van der Waals surface area contributed by atoms with Crippen molar-refractivity contribution in [1.82, 2.24) is 10.3 Å². The van der Waals surface area contributed by atoms with Crippen LogP contribution in [0.3, 0.4) is 0 Å². The zero-order valence-corrected chi connectivity index (χ0v) is 8.09. The van der Waals surface area contributed by atoms with E-state index in [2.05, 4.69) is 29.4 Å². The van der Waals surface area contributed by atoms with Gasteiger partial charge in [-0.15, -0.1) is 0 Å². The molecule has 2 heteroatoms. The maximum Gasteiger partial charge on any atom is 0.0475 e.